The molecule has 4 nitrogen and oxygen atoms in total. The average Bonchev–Trinajstić information content (AvgIpc) is 3.04. The van der Waals surface area contributed by atoms with Crippen LogP contribution in [-0.2, 0) is 6.42 Å². The van der Waals surface area contributed by atoms with Crippen molar-refractivity contribution in [3.05, 3.63) is 74.4 Å². The van der Waals surface area contributed by atoms with Crippen molar-refractivity contribution in [1.82, 2.24) is 15.3 Å². The molecule has 2 unspecified atom stereocenters. The number of H-pyrrole nitrogens is 1. The summed E-state index contributed by atoms with van der Waals surface area (Å²) in [6, 6.07) is 10.4. The SMILES string of the molecule is Cc1nc(-c2ccc(F)cc2)sc1C(C)NC1CCCc2[nH]c(=O)ccc21. The molecule has 1 aromatic carbocycles. The molecule has 0 fully saturated rings. The number of rotatable bonds is 4. The van der Waals surface area contributed by atoms with Crippen LogP contribution >= 0.6 is 11.3 Å². The highest BCUT2D eigenvalue weighted by Gasteiger charge is 2.24. The van der Waals surface area contributed by atoms with Crippen molar-refractivity contribution in [2.45, 2.75) is 45.2 Å². The number of aromatic nitrogens is 2. The summed E-state index contributed by atoms with van der Waals surface area (Å²) in [7, 11) is 0. The van der Waals surface area contributed by atoms with Gasteiger partial charge in [-0.25, -0.2) is 9.37 Å². The molecule has 6 heteroatoms. The van der Waals surface area contributed by atoms with Crippen molar-refractivity contribution in [1.29, 1.82) is 0 Å². The van der Waals surface area contributed by atoms with Gasteiger partial charge in [0, 0.05) is 34.3 Å². The molecule has 4 rings (SSSR count). The molecule has 3 aromatic rings. The number of halogens is 1. The summed E-state index contributed by atoms with van der Waals surface area (Å²) in [6.45, 7) is 4.16. The lowest BCUT2D eigenvalue weighted by molar-refractivity contribution is 0.413. The van der Waals surface area contributed by atoms with Gasteiger partial charge in [-0.3, -0.25) is 4.79 Å². The van der Waals surface area contributed by atoms with Crippen molar-refractivity contribution >= 4 is 11.3 Å². The number of aromatic amines is 1. The van der Waals surface area contributed by atoms with Crippen LogP contribution in [0.4, 0.5) is 4.39 Å². The molecule has 0 saturated carbocycles. The van der Waals surface area contributed by atoms with Crippen molar-refractivity contribution in [2.75, 3.05) is 0 Å². The zero-order valence-electron chi connectivity index (χ0n) is 15.4. The lowest BCUT2D eigenvalue weighted by atomic mass is 9.90. The van der Waals surface area contributed by atoms with Crippen LogP contribution in [-0.4, -0.2) is 9.97 Å². The van der Waals surface area contributed by atoms with Crippen molar-refractivity contribution in [2.24, 2.45) is 0 Å². The quantitative estimate of drug-likeness (QED) is 0.688. The summed E-state index contributed by atoms with van der Waals surface area (Å²) in [6.07, 6.45) is 3.03. The van der Waals surface area contributed by atoms with Crippen LogP contribution in [0.15, 0.2) is 41.2 Å². The average molecular weight is 383 g/mol. The molecule has 0 amide bonds. The van der Waals surface area contributed by atoms with Crippen LogP contribution < -0.4 is 10.9 Å². The molecular formula is C21H22FN3OS. The predicted molar refractivity (Wildman–Crippen MR) is 107 cm³/mol. The summed E-state index contributed by atoms with van der Waals surface area (Å²) in [5.41, 5.74) is 4.13. The molecule has 2 heterocycles. The standard InChI is InChI=1S/C21H22FN3OS/c1-12(23-17-4-3-5-18-16(17)10-11-19(26)25-18)20-13(2)24-21(27-20)14-6-8-15(22)9-7-14/h6-12,17,23H,3-5H2,1-2H3,(H,25,26). The Kier molecular flexibility index (Phi) is 4.93. The van der Waals surface area contributed by atoms with E-state index in [0.717, 1.165) is 41.2 Å². The fourth-order valence-corrected chi connectivity index (χ4v) is 4.86. The molecule has 0 bridgehead atoms. The van der Waals surface area contributed by atoms with E-state index in [1.807, 2.05) is 13.0 Å². The van der Waals surface area contributed by atoms with Gasteiger partial charge in [0.1, 0.15) is 10.8 Å². The maximum absolute atomic E-state index is 13.2. The zero-order valence-corrected chi connectivity index (χ0v) is 16.2. The number of benzene rings is 1. The minimum Gasteiger partial charge on any atom is -0.326 e. The fourth-order valence-electron chi connectivity index (χ4n) is 3.78. The van der Waals surface area contributed by atoms with Crippen molar-refractivity contribution in [3.63, 3.8) is 0 Å². The van der Waals surface area contributed by atoms with Crippen LogP contribution in [0, 0.1) is 12.7 Å². The lowest BCUT2D eigenvalue weighted by Crippen LogP contribution is -2.29. The summed E-state index contributed by atoms with van der Waals surface area (Å²) in [4.78, 5) is 20.4. The maximum atomic E-state index is 13.2. The van der Waals surface area contributed by atoms with Crippen LogP contribution in [0.3, 0.4) is 0 Å². The molecule has 0 spiro atoms. The Labute approximate surface area is 161 Å². The molecule has 0 radical (unpaired) electrons. The highest BCUT2D eigenvalue weighted by molar-refractivity contribution is 7.15. The van der Waals surface area contributed by atoms with E-state index >= 15 is 0 Å². The third kappa shape index (κ3) is 3.73. The van der Waals surface area contributed by atoms with E-state index < -0.39 is 0 Å². The molecule has 1 aliphatic carbocycles. The van der Waals surface area contributed by atoms with Crippen LogP contribution in [0.2, 0.25) is 0 Å². The van der Waals surface area contributed by atoms with Gasteiger partial charge >= 0.3 is 0 Å². The smallest absolute Gasteiger partial charge is 0.248 e. The van der Waals surface area contributed by atoms with E-state index in [1.54, 1.807) is 29.5 Å². The first-order valence-electron chi connectivity index (χ1n) is 9.22. The number of aryl methyl sites for hydroxylation is 2. The van der Waals surface area contributed by atoms with E-state index in [0.29, 0.717) is 0 Å². The third-order valence-electron chi connectivity index (χ3n) is 5.10. The Balaban J connectivity index is 1.57. The number of pyridine rings is 1. The number of nitrogens with one attached hydrogen (secondary N) is 2. The largest absolute Gasteiger partial charge is 0.326 e. The van der Waals surface area contributed by atoms with Gasteiger partial charge in [-0.05, 0) is 62.9 Å². The summed E-state index contributed by atoms with van der Waals surface area (Å²) < 4.78 is 13.2. The monoisotopic (exact) mass is 383 g/mol. The van der Waals surface area contributed by atoms with E-state index in [9.17, 15) is 9.18 Å². The van der Waals surface area contributed by atoms with E-state index in [2.05, 4.69) is 22.2 Å². The molecule has 27 heavy (non-hydrogen) atoms. The normalized spacial score (nSPS) is 17.5. The molecular weight excluding hydrogens is 361 g/mol. The molecule has 2 N–H and O–H groups in total. The Bertz CT molecular complexity index is 1010. The van der Waals surface area contributed by atoms with E-state index in [-0.39, 0.29) is 23.5 Å². The summed E-state index contributed by atoms with van der Waals surface area (Å²) >= 11 is 1.65. The van der Waals surface area contributed by atoms with Gasteiger partial charge in [-0.2, -0.15) is 0 Å². The molecule has 140 valence electrons. The fraction of sp³-hybridized carbons (Fsp3) is 0.333. The molecule has 1 aliphatic rings. The first-order chi connectivity index (χ1) is 13.0. The second kappa shape index (κ2) is 7.37. The van der Waals surface area contributed by atoms with E-state index in [1.165, 1.54) is 22.6 Å². The first-order valence-corrected chi connectivity index (χ1v) is 10.0. The zero-order chi connectivity index (χ0) is 19.0. The minimum atomic E-state index is -0.240. The molecule has 0 aliphatic heterocycles. The van der Waals surface area contributed by atoms with E-state index in [4.69, 9.17) is 0 Å². The summed E-state index contributed by atoms with van der Waals surface area (Å²) in [5, 5.41) is 4.62. The van der Waals surface area contributed by atoms with Crippen LogP contribution in [0.5, 0.6) is 0 Å². The Morgan fingerprint density at radius 3 is 2.81 bits per heavy atom. The number of fused-ring (bicyclic) bond motifs is 1. The van der Waals surface area contributed by atoms with Gasteiger partial charge in [0.2, 0.25) is 5.56 Å². The molecule has 0 saturated heterocycles. The second-order valence-corrected chi connectivity index (χ2v) is 8.10. The minimum absolute atomic E-state index is 0.0373. The topological polar surface area (TPSA) is 57.8 Å². The highest BCUT2D eigenvalue weighted by atomic mass is 32.1. The van der Waals surface area contributed by atoms with Gasteiger partial charge in [0.15, 0.2) is 0 Å². The Hall–Kier alpha value is -2.31. The number of hydrogen-bond acceptors (Lipinski definition) is 4. The Morgan fingerprint density at radius 2 is 2.04 bits per heavy atom. The van der Waals surface area contributed by atoms with Gasteiger partial charge < -0.3 is 10.3 Å². The summed E-state index contributed by atoms with van der Waals surface area (Å²) in [5.74, 6) is -0.240. The second-order valence-electron chi connectivity index (χ2n) is 7.07. The lowest BCUT2D eigenvalue weighted by Gasteiger charge is -2.28. The highest BCUT2D eigenvalue weighted by Crippen LogP contribution is 2.35. The van der Waals surface area contributed by atoms with Gasteiger partial charge in [0.25, 0.3) is 0 Å². The number of hydrogen-bond donors (Lipinski definition) is 2. The third-order valence-corrected chi connectivity index (χ3v) is 6.49. The van der Waals surface area contributed by atoms with Gasteiger partial charge in [-0.15, -0.1) is 11.3 Å². The van der Waals surface area contributed by atoms with Gasteiger partial charge in [0.05, 0.1) is 5.69 Å². The first kappa shape index (κ1) is 18.1. The van der Waals surface area contributed by atoms with Gasteiger partial charge in [-0.1, -0.05) is 6.07 Å². The number of thiazole rings is 1. The van der Waals surface area contributed by atoms with Crippen molar-refractivity contribution in [3.8, 4) is 10.6 Å². The molecule has 2 aromatic heterocycles. The maximum Gasteiger partial charge on any atom is 0.248 e. The number of nitrogens with zero attached hydrogens (tertiary/aromatic N) is 1. The Morgan fingerprint density at radius 1 is 1.26 bits per heavy atom. The van der Waals surface area contributed by atoms with Crippen LogP contribution in [0.1, 0.15) is 53.7 Å². The van der Waals surface area contributed by atoms with Crippen molar-refractivity contribution < 1.29 is 4.39 Å². The predicted octanol–water partition coefficient (Wildman–Crippen LogP) is 4.67. The molecule has 2 atom stereocenters. The van der Waals surface area contributed by atoms with Crippen LogP contribution in [0.25, 0.3) is 10.6 Å².